The first-order chi connectivity index (χ1) is 8.65. The van der Waals surface area contributed by atoms with E-state index in [2.05, 4.69) is 0 Å². The lowest BCUT2D eigenvalue weighted by atomic mass is 10.0. The second-order valence-electron chi connectivity index (χ2n) is 3.78. The van der Waals surface area contributed by atoms with E-state index < -0.39 is 12.4 Å². The zero-order valence-electron chi connectivity index (χ0n) is 10.1. The van der Waals surface area contributed by atoms with E-state index in [4.69, 9.17) is 14.2 Å². The van der Waals surface area contributed by atoms with Gasteiger partial charge >= 0.3 is 0 Å². The van der Waals surface area contributed by atoms with Crippen molar-refractivity contribution in [2.75, 3.05) is 14.2 Å². The van der Waals surface area contributed by atoms with E-state index in [1.807, 2.05) is 0 Å². The topological polar surface area (TPSA) is 65.0 Å². The van der Waals surface area contributed by atoms with E-state index in [1.54, 1.807) is 18.2 Å². The Morgan fingerprint density at radius 3 is 2.61 bits per heavy atom. The molecule has 1 N–H and O–H groups in total. The molecule has 5 heteroatoms. The van der Waals surface area contributed by atoms with Gasteiger partial charge < -0.3 is 19.3 Å². The third-order valence-corrected chi connectivity index (χ3v) is 2.67. The van der Waals surface area contributed by atoms with E-state index in [1.165, 1.54) is 26.4 Å². The van der Waals surface area contributed by atoms with E-state index in [9.17, 15) is 9.90 Å². The van der Waals surface area contributed by atoms with Crippen LogP contribution >= 0.6 is 0 Å². The van der Waals surface area contributed by atoms with Gasteiger partial charge in [0, 0.05) is 0 Å². The number of benzene rings is 1. The Kier molecular flexibility index (Phi) is 3.64. The number of carbonyl (C=O) groups excluding carboxylic acids is 1. The summed E-state index contributed by atoms with van der Waals surface area (Å²) in [5.74, 6) is 0.864. The molecule has 1 aliphatic heterocycles. The molecule has 1 aliphatic rings. The van der Waals surface area contributed by atoms with Crippen LogP contribution in [0.1, 0.15) is 11.7 Å². The molecule has 0 amide bonds. The first-order valence-electron chi connectivity index (χ1n) is 5.43. The van der Waals surface area contributed by atoms with Crippen LogP contribution in [-0.4, -0.2) is 31.4 Å². The molecule has 0 bridgehead atoms. The van der Waals surface area contributed by atoms with E-state index in [0.29, 0.717) is 17.1 Å². The van der Waals surface area contributed by atoms with Gasteiger partial charge in [-0.3, -0.25) is 4.79 Å². The number of aliphatic hydroxyl groups is 1. The first kappa shape index (κ1) is 12.6. The Hall–Kier alpha value is -1.85. The Labute approximate surface area is 105 Å². The summed E-state index contributed by atoms with van der Waals surface area (Å²) in [6.45, 7) is 0. The molecule has 0 radical (unpaired) electrons. The minimum Gasteiger partial charge on any atom is -0.493 e. The fraction of sp³-hybridized carbons (Fsp3) is 0.308. The Morgan fingerprint density at radius 1 is 1.22 bits per heavy atom. The Balaban J connectivity index is 2.34. The van der Waals surface area contributed by atoms with Gasteiger partial charge in [0.2, 0.25) is 0 Å². The smallest absolute Gasteiger partial charge is 0.188 e. The quantitative estimate of drug-likeness (QED) is 0.873. The maximum Gasteiger partial charge on any atom is 0.188 e. The third kappa shape index (κ3) is 2.37. The Morgan fingerprint density at radius 2 is 1.94 bits per heavy atom. The number of hydrogen-bond donors (Lipinski definition) is 1. The largest absolute Gasteiger partial charge is 0.493 e. The zero-order valence-corrected chi connectivity index (χ0v) is 10.1. The molecule has 0 saturated carbocycles. The molecule has 0 aromatic heterocycles. The van der Waals surface area contributed by atoms with Gasteiger partial charge in [-0.05, 0) is 29.8 Å². The summed E-state index contributed by atoms with van der Waals surface area (Å²) in [5, 5.41) is 9.37. The third-order valence-electron chi connectivity index (χ3n) is 2.67. The van der Waals surface area contributed by atoms with Crippen LogP contribution in [0, 0.1) is 0 Å². The number of ether oxygens (including phenoxy) is 3. The van der Waals surface area contributed by atoms with Crippen molar-refractivity contribution in [2.45, 2.75) is 12.4 Å². The standard InChI is InChI=1S/C13H14O5/c1-16-10-5-3-8(7-11(10)17-2)13-9(14)4-6-12(15)18-13/h3-7,12-13,15H,1-2H3. The van der Waals surface area contributed by atoms with Crippen LogP contribution in [0.2, 0.25) is 0 Å². The summed E-state index contributed by atoms with van der Waals surface area (Å²) in [5.41, 5.74) is 0.612. The number of carbonyl (C=O) groups is 1. The van der Waals surface area contributed by atoms with Gasteiger partial charge in [0.25, 0.3) is 0 Å². The lowest BCUT2D eigenvalue weighted by Gasteiger charge is -2.22. The van der Waals surface area contributed by atoms with Gasteiger partial charge in [0.1, 0.15) is 6.10 Å². The lowest BCUT2D eigenvalue weighted by molar-refractivity contribution is -0.149. The van der Waals surface area contributed by atoms with Gasteiger partial charge in [0.05, 0.1) is 14.2 Å². The molecule has 2 rings (SSSR count). The molecule has 0 spiro atoms. The molecular formula is C13H14O5. The first-order valence-corrected chi connectivity index (χ1v) is 5.43. The van der Waals surface area contributed by atoms with Crippen molar-refractivity contribution in [1.29, 1.82) is 0 Å². The van der Waals surface area contributed by atoms with Crippen molar-refractivity contribution < 1.29 is 24.1 Å². The fourth-order valence-corrected chi connectivity index (χ4v) is 1.78. The monoisotopic (exact) mass is 250 g/mol. The molecule has 1 aromatic rings. The maximum atomic E-state index is 11.7. The van der Waals surface area contributed by atoms with Crippen molar-refractivity contribution >= 4 is 5.78 Å². The molecule has 5 nitrogen and oxygen atoms in total. The minimum atomic E-state index is -1.07. The van der Waals surface area contributed by atoms with E-state index in [0.717, 1.165) is 0 Å². The second-order valence-corrected chi connectivity index (χ2v) is 3.78. The molecule has 18 heavy (non-hydrogen) atoms. The summed E-state index contributed by atoms with van der Waals surface area (Å²) in [6.07, 6.45) is 0.736. The van der Waals surface area contributed by atoms with Gasteiger partial charge in [-0.25, -0.2) is 0 Å². The summed E-state index contributed by atoms with van der Waals surface area (Å²) >= 11 is 0. The molecule has 0 saturated heterocycles. The van der Waals surface area contributed by atoms with Crippen LogP contribution in [0.3, 0.4) is 0 Å². The van der Waals surface area contributed by atoms with Crippen molar-refractivity contribution in [3.05, 3.63) is 35.9 Å². The highest BCUT2D eigenvalue weighted by Gasteiger charge is 2.26. The molecule has 0 aliphatic carbocycles. The van der Waals surface area contributed by atoms with Crippen LogP contribution in [0.4, 0.5) is 0 Å². The van der Waals surface area contributed by atoms with Crippen LogP contribution < -0.4 is 9.47 Å². The van der Waals surface area contributed by atoms with Crippen molar-refractivity contribution in [2.24, 2.45) is 0 Å². The van der Waals surface area contributed by atoms with Crippen LogP contribution in [-0.2, 0) is 9.53 Å². The van der Waals surface area contributed by atoms with Crippen LogP contribution in [0.25, 0.3) is 0 Å². The minimum absolute atomic E-state index is 0.215. The van der Waals surface area contributed by atoms with Gasteiger partial charge in [-0.1, -0.05) is 6.07 Å². The van der Waals surface area contributed by atoms with Gasteiger partial charge in [0.15, 0.2) is 23.6 Å². The molecular weight excluding hydrogens is 236 g/mol. The van der Waals surface area contributed by atoms with E-state index in [-0.39, 0.29) is 5.78 Å². The molecule has 0 fully saturated rings. The second kappa shape index (κ2) is 5.20. The molecule has 2 atom stereocenters. The van der Waals surface area contributed by atoms with Crippen molar-refractivity contribution in [1.82, 2.24) is 0 Å². The van der Waals surface area contributed by atoms with E-state index >= 15 is 0 Å². The fourth-order valence-electron chi connectivity index (χ4n) is 1.78. The highest BCUT2D eigenvalue weighted by molar-refractivity contribution is 5.95. The highest BCUT2D eigenvalue weighted by Crippen LogP contribution is 2.32. The van der Waals surface area contributed by atoms with Crippen molar-refractivity contribution in [3.8, 4) is 11.5 Å². The predicted octanol–water partition coefficient (Wildman–Crippen LogP) is 1.22. The van der Waals surface area contributed by atoms with Crippen LogP contribution in [0.5, 0.6) is 11.5 Å². The molecule has 96 valence electrons. The number of hydrogen-bond acceptors (Lipinski definition) is 5. The Bertz CT molecular complexity index is 480. The molecule has 2 unspecified atom stereocenters. The molecule has 1 heterocycles. The average Bonchev–Trinajstić information content (AvgIpc) is 2.40. The maximum absolute atomic E-state index is 11.7. The van der Waals surface area contributed by atoms with Gasteiger partial charge in [-0.15, -0.1) is 0 Å². The number of ketones is 1. The summed E-state index contributed by atoms with van der Waals surface area (Å²) < 4.78 is 15.5. The average molecular weight is 250 g/mol. The van der Waals surface area contributed by atoms with Gasteiger partial charge in [-0.2, -0.15) is 0 Å². The SMILES string of the molecule is COc1ccc(C2OC(O)C=CC2=O)cc1OC. The van der Waals surface area contributed by atoms with Crippen LogP contribution in [0.15, 0.2) is 30.4 Å². The van der Waals surface area contributed by atoms with Crippen molar-refractivity contribution in [3.63, 3.8) is 0 Å². The predicted molar refractivity (Wildman–Crippen MR) is 63.5 cm³/mol. The summed E-state index contributed by atoms with van der Waals surface area (Å²) in [6, 6.07) is 5.05. The number of methoxy groups -OCH3 is 2. The zero-order chi connectivity index (χ0) is 13.1. The summed E-state index contributed by atoms with van der Waals surface area (Å²) in [7, 11) is 3.05. The summed E-state index contributed by atoms with van der Waals surface area (Å²) in [4.78, 5) is 11.7. The number of aliphatic hydroxyl groups excluding tert-OH is 1. The lowest BCUT2D eigenvalue weighted by Crippen LogP contribution is -2.24. The normalized spacial score (nSPS) is 22.9. The number of rotatable bonds is 3. The molecule has 1 aromatic carbocycles. The highest BCUT2D eigenvalue weighted by atomic mass is 16.6.